The largest absolute Gasteiger partial charge is 0.277 e. The monoisotopic (exact) mass is 350 g/mol. The van der Waals surface area contributed by atoms with Gasteiger partial charge >= 0.3 is 0 Å². The Hall–Kier alpha value is -1.66. The molecule has 20 heavy (non-hydrogen) atoms. The topological polar surface area (TPSA) is 52.0 Å². The van der Waals surface area contributed by atoms with Crippen molar-refractivity contribution in [3.05, 3.63) is 53.3 Å². The molecular formula is C14H11BrN2O2S. The van der Waals surface area contributed by atoms with Gasteiger partial charge in [0, 0.05) is 11.6 Å². The van der Waals surface area contributed by atoms with Crippen LogP contribution in [0.15, 0.2) is 58.4 Å². The molecule has 2 aromatic carbocycles. The van der Waals surface area contributed by atoms with E-state index in [-0.39, 0.29) is 5.16 Å². The normalized spacial score (nSPS) is 11.9. The molecule has 0 atom stereocenters. The van der Waals surface area contributed by atoms with Gasteiger partial charge in [0.25, 0.3) is 0 Å². The third kappa shape index (κ3) is 2.14. The van der Waals surface area contributed by atoms with Crippen LogP contribution in [0.25, 0.3) is 16.5 Å². The molecule has 0 amide bonds. The summed E-state index contributed by atoms with van der Waals surface area (Å²) in [6, 6.07) is 13.6. The minimum atomic E-state index is -3.41. The molecule has 0 fully saturated rings. The van der Waals surface area contributed by atoms with E-state index >= 15 is 0 Å². The number of nitrogens with zero attached hydrogens (tertiary/aromatic N) is 2. The molecule has 0 aliphatic heterocycles. The van der Waals surface area contributed by atoms with Gasteiger partial charge in [0.2, 0.25) is 15.0 Å². The smallest absolute Gasteiger partial charge is 0.232 e. The van der Waals surface area contributed by atoms with Crippen LogP contribution in [0, 0.1) is 0 Å². The highest BCUT2D eigenvalue weighted by atomic mass is 79.9. The Kier molecular flexibility index (Phi) is 3.14. The number of halogens is 1. The Morgan fingerprint density at radius 1 is 1.10 bits per heavy atom. The average molecular weight is 351 g/mol. The molecule has 102 valence electrons. The molecule has 1 heterocycles. The molecule has 0 bridgehead atoms. The summed E-state index contributed by atoms with van der Waals surface area (Å²) in [5, 5.41) is 2.05. The number of imidazole rings is 1. The number of hydrogen-bond acceptors (Lipinski definition) is 3. The fourth-order valence-electron chi connectivity index (χ4n) is 2.20. The summed E-state index contributed by atoms with van der Waals surface area (Å²) < 4.78 is 26.0. The highest BCUT2D eigenvalue weighted by Crippen LogP contribution is 2.28. The van der Waals surface area contributed by atoms with Gasteiger partial charge in [-0.25, -0.2) is 13.4 Å². The van der Waals surface area contributed by atoms with E-state index in [2.05, 4.69) is 20.9 Å². The lowest BCUT2D eigenvalue weighted by Crippen LogP contribution is -2.08. The Morgan fingerprint density at radius 2 is 1.80 bits per heavy atom. The van der Waals surface area contributed by atoms with Gasteiger partial charge < -0.3 is 0 Å². The first-order valence-corrected chi connectivity index (χ1v) is 8.58. The van der Waals surface area contributed by atoms with Crippen molar-refractivity contribution in [1.29, 1.82) is 0 Å². The van der Waals surface area contributed by atoms with E-state index in [9.17, 15) is 8.42 Å². The zero-order valence-electron chi connectivity index (χ0n) is 10.6. The molecule has 6 heteroatoms. The van der Waals surface area contributed by atoms with Gasteiger partial charge in [-0.3, -0.25) is 4.57 Å². The van der Waals surface area contributed by atoms with E-state index in [1.54, 1.807) is 4.57 Å². The van der Waals surface area contributed by atoms with Gasteiger partial charge in [-0.15, -0.1) is 0 Å². The van der Waals surface area contributed by atoms with Gasteiger partial charge in [0.15, 0.2) is 0 Å². The van der Waals surface area contributed by atoms with Crippen molar-refractivity contribution in [2.45, 2.75) is 5.16 Å². The Bertz CT molecular complexity index is 895. The summed E-state index contributed by atoms with van der Waals surface area (Å²) in [4.78, 5) is 4.00. The SMILES string of the molecule is CS(=O)(=O)c1ncc(Br)n1-c1cccc2ccccc12. The van der Waals surface area contributed by atoms with Crippen molar-refractivity contribution in [1.82, 2.24) is 9.55 Å². The lowest BCUT2D eigenvalue weighted by atomic mass is 10.1. The molecule has 0 unspecified atom stereocenters. The zero-order chi connectivity index (χ0) is 14.3. The molecule has 0 radical (unpaired) electrons. The van der Waals surface area contributed by atoms with Crippen LogP contribution in [0.4, 0.5) is 0 Å². The fourth-order valence-corrected chi connectivity index (χ4v) is 3.55. The number of rotatable bonds is 2. The van der Waals surface area contributed by atoms with E-state index in [0.717, 1.165) is 22.7 Å². The van der Waals surface area contributed by atoms with E-state index in [1.807, 2.05) is 42.5 Å². The molecule has 0 spiro atoms. The first-order chi connectivity index (χ1) is 9.48. The van der Waals surface area contributed by atoms with Crippen LogP contribution in [-0.2, 0) is 9.84 Å². The molecule has 3 aromatic rings. The second kappa shape index (κ2) is 4.71. The van der Waals surface area contributed by atoms with Gasteiger partial charge in [0.1, 0.15) is 4.60 Å². The standard InChI is InChI=1S/C14H11BrN2O2S/c1-20(18,19)14-16-9-13(15)17(14)12-8-4-6-10-5-2-3-7-11(10)12/h2-9H,1H3. The fraction of sp³-hybridized carbons (Fsp3) is 0.0714. The summed E-state index contributed by atoms with van der Waals surface area (Å²) in [5.41, 5.74) is 0.785. The van der Waals surface area contributed by atoms with Gasteiger partial charge in [-0.2, -0.15) is 0 Å². The second-order valence-electron chi connectivity index (χ2n) is 4.47. The number of fused-ring (bicyclic) bond motifs is 1. The maximum absolute atomic E-state index is 11.9. The highest BCUT2D eigenvalue weighted by molar-refractivity contribution is 9.10. The quantitative estimate of drug-likeness (QED) is 0.713. The third-order valence-corrected chi connectivity index (χ3v) is 4.54. The maximum atomic E-state index is 11.9. The van der Waals surface area contributed by atoms with Crippen LogP contribution in [0.1, 0.15) is 0 Å². The van der Waals surface area contributed by atoms with Gasteiger partial charge in [-0.1, -0.05) is 36.4 Å². The molecule has 0 aliphatic rings. The van der Waals surface area contributed by atoms with Crippen LogP contribution >= 0.6 is 15.9 Å². The number of benzene rings is 2. The minimum Gasteiger partial charge on any atom is -0.277 e. The Morgan fingerprint density at radius 3 is 2.55 bits per heavy atom. The van der Waals surface area contributed by atoms with E-state index < -0.39 is 9.84 Å². The number of hydrogen-bond donors (Lipinski definition) is 0. The Labute approximate surface area is 125 Å². The van der Waals surface area contributed by atoms with Crippen LogP contribution in [0.3, 0.4) is 0 Å². The van der Waals surface area contributed by atoms with Crippen molar-refractivity contribution < 1.29 is 8.42 Å². The lowest BCUT2D eigenvalue weighted by Gasteiger charge is -2.11. The molecule has 1 aromatic heterocycles. The molecular weight excluding hydrogens is 340 g/mol. The predicted octanol–water partition coefficient (Wildman–Crippen LogP) is 3.19. The first-order valence-electron chi connectivity index (χ1n) is 5.90. The average Bonchev–Trinajstić information content (AvgIpc) is 2.80. The molecule has 4 nitrogen and oxygen atoms in total. The first kappa shape index (κ1) is 13.3. The van der Waals surface area contributed by atoms with Crippen LogP contribution in [0.2, 0.25) is 0 Å². The van der Waals surface area contributed by atoms with E-state index in [1.165, 1.54) is 6.20 Å². The van der Waals surface area contributed by atoms with Crippen molar-refractivity contribution in [3.63, 3.8) is 0 Å². The van der Waals surface area contributed by atoms with E-state index in [4.69, 9.17) is 0 Å². The molecule has 0 saturated heterocycles. The third-order valence-electron chi connectivity index (χ3n) is 3.03. The predicted molar refractivity (Wildman–Crippen MR) is 81.9 cm³/mol. The summed E-state index contributed by atoms with van der Waals surface area (Å²) in [7, 11) is -3.41. The van der Waals surface area contributed by atoms with Crippen LogP contribution in [0.5, 0.6) is 0 Å². The zero-order valence-corrected chi connectivity index (χ0v) is 13.0. The van der Waals surface area contributed by atoms with Crippen molar-refractivity contribution >= 4 is 36.5 Å². The molecule has 0 saturated carbocycles. The van der Waals surface area contributed by atoms with Crippen molar-refractivity contribution in [2.24, 2.45) is 0 Å². The number of sulfone groups is 1. The van der Waals surface area contributed by atoms with Crippen LogP contribution < -0.4 is 0 Å². The maximum Gasteiger partial charge on any atom is 0.232 e. The van der Waals surface area contributed by atoms with E-state index in [0.29, 0.717) is 4.60 Å². The van der Waals surface area contributed by atoms with Gasteiger partial charge in [-0.05, 0) is 27.4 Å². The Balaban J connectivity index is 2.41. The number of aromatic nitrogens is 2. The second-order valence-corrected chi connectivity index (χ2v) is 7.19. The summed E-state index contributed by atoms with van der Waals surface area (Å²) in [5.74, 6) is 0. The highest BCUT2D eigenvalue weighted by Gasteiger charge is 2.20. The minimum absolute atomic E-state index is 0.0285. The molecule has 0 aliphatic carbocycles. The van der Waals surface area contributed by atoms with Gasteiger partial charge in [0.05, 0.1) is 11.9 Å². The molecule has 3 rings (SSSR count). The summed E-state index contributed by atoms with van der Waals surface area (Å²) in [6.45, 7) is 0. The summed E-state index contributed by atoms with van der Waals surface area (Å²) in [6.07, 6.45) is 2.65. The lowest BCUT2D eigenvalue weighted by molar-refractivity contribution is 0.590. The van der Waals surface area contributed by atoms with Crippen molar-refractivity contribution in [3.8, 4) is 5.69 Å². The molecule has 0 N–H and O–H groups in total. The summed E-state index contributed by atoms with van der Waals surface area (Å²) >= 11 is 3.37. The van der Waals surface area contributed by atoms with Crippen LogP contribution in [-0.4, -0.2) is 24.2 Å². The van der Waals surface area contributed by atoms with Crippen molar-refractivity contribution in [2.75, 3.05) is 6.26 Å².